The zero-order chi connectivity index (χ0) is 32.6. The van der Waals surface area contributed by atoms with Gasteiger partial charge in [-0.05, 0) is 33.4 Å². The van der Waals surface area contributed by atoms with Crippen LogP contribution in [0.4, 0.5) is 0 Å². The van der Waals surface area contributed by atoms with Crippen molar-refractivity contribution >= 4 is 23.8 Å². The summed E-state index contributed by atoms with van der Waals surface area (Å²) in [5.41, 5.74) is 0. The number of esters is 1. The minimum Gasteiger partial charge on any atom is -0.480 e. The van der Waals surface area contributed by atoms with Crippen molar-refractivity contribution < 1.29 is 48.7 Å². The summed E-state index contributed by atoms with van der Waals surface area (Å²) >= 11 is 0. The Morgan fingerprint density at radius 2 is 1.35 bits per heavy atom. The number of carboxylic acids is 1. The van der Waals surface area contributed by atoms with E-state index < -0.39 is 24.0 Å². The van der Waals surface area contributed by atoms with Gasteiger partial charge < -0.3 is 40.2 Å². The number of ether oxygens (including phenoxy) is 3. The van der Waals surface area contributed by atoms with E-state index in [1.54, 1.807) is 18.7 Å². The molecule has 0 aromatic heterocycles. The zero-order valence-corrected chi connectivity index (χ0v) is 26.6. The van der Waals surface area contributed by atoms with Gasteiger partial charge in [-0.3, -0.25) is 33.9 Å². The summed E-state index contributed by atoms with van der Waals surface area (Å²) in [5.74, 6) is -1.84. The van der Waals surface area contributed by atoms with E-state index in [0.29, 0.717) is 45.7 Å². The van der Waals surface area contributed by atoms with Crippen LogP contribution in [0.3, 0.4) is 0 Å². The van der Waals surface area contributed by atoms with Gasteiger partial charge in [0, 0.05) is 45.7 Å². The van der Waals surface area contributed by atoms with E-state index in [-0.39, 0.29) is 77.2 Å². The maximum Gasteiger partial charge on any atom is 0.317 e. The standard InChI is InChI=1S/C28H55N5O10/c1-6-32(22(3)27(39)29-9-16-41-18-13-34)12-11-31(21-26(37)38)20-25(8-15-43-24(5)36)33(7-2)23(4)28(40)30-10-17-42-19-14-35/h22-23,25,34-35H,6-21H2,1-5H3,(H,29,39)(H,30,40)(H,37,38). The molecule has 0 fully saturated rings. The van der Waals surface area contributed by atoms with Crippen LogP contribution in [0.5, 0.6) is 0 Å². The molecule has 15 nitrogen and oxygen atoms in total. The molecule has 252 valence electrons. The third-order valence-corrected chi connectivity index (χ3v) is 6.89. The number of aliphatic hydroxyl groups is 2. The number of aliphatic carboxylic acids is 1. The van der Waals surface area contributed by atoms with Crippen molar-refractivity contribution in [3.05, 3.63) is 0 Å². The molecular formula is C28H55N5O10. The number of carbonyl (C=O) groups excluding carboxylic acids is 3. The fourth-order valence-electron chi connectivity index (χ4n) is 4.61. The minimum absolute atomic E-state index is 0.0882. The first-order valence-corrected chi connectivity index (χ1v) is 15.0. The predicted molar refractivity (Wildman–Crippen MR) is 159 cm³/mol. The molecule has 0 saturated carbocycles. The van der Waals surface area contributed by atoms with Gasteiger partial charge in [0.15, 0.2) is 0 Å². The van der Waals surface area contributed by atoms with Gasteiger partial charge in [-0.25, -0.2) is 0 Å². The van der Waals surface area contributed by atoms with E-state index in [0.717, 1.165) is 0 Å². The van der Waals surface area contributed by atoms with E-state index in [9.17, 15) is 24.3 Å². The van der Waals surface area contributed by atoms with Crippen LogP contribution in [-0.4, -0.2) is 171 Å². The molecule has 0 aromatic rings. The number of amides is 2. The molecule has 0 radical (unpaired) electrons. The molecule has 15 heteroatoms. The summed E-state index contributed by atoms with van der Waals surface area (Å²) in [7, 11) is 0. The second-order valence-electron chi connectivity index (χ2n) is 9.98. The van der Waals surface area contributed by atoms with Crippen LogP contribution in [0.15, 0.2) is 0 Å². The second-order valence-corrected chi connectivity index (χ2v) is 9.98. The molecule has 0 aliphatic carbocycles. The van der Waals surface area contributed by atoms with Gasteiger partial charge in [-0.2, -0.15) is 0 Å². The number of likely N-dealkylation sites (N-methyl/N-ethyl adjacent to an activating group) is 2. The largest absolute Gasteiger partial charge is 0.480 e. The second kappa shape index (κ2) is 25.0. The lowest BCUT2D eigenvalue weighted by atomic mass is 10.1. The van der Waals surface area contributed by atoms with Crippen molar-refractivity contribution in [1.82, 2.24) is 25.3 Å². The summed E-state index contributed by atoms with van der Waals surface area (Å²) < 4.78 is 15.6. The van der Waals surface area contributed by atoms with Crippen molar-refractivity contribution in [3.8, 4) is 0 Å². The number of carbonyl (C=O) groups is 4. The first-order chi connectivity index (χ1) is 20.5. The highest BCUT2D eigenvalue weighted by Gasteiger charge is 2.30. The number of carboxylic acid groups (broad SMARTS) is 1. The van der Waals surface area contributed by atoms with Crippen LogP contribution in [-0.2, 0) is 33.4 Å². The van der Waals surface area contributed by atoms with Crippen LogP contribution in [0.25, 0.3) is 0 Å². The molecule has 0 rings (SSSR count). The highest BCUT2D eigenvalue weighted by atomic mass is 16.5. The minimum atomic E-state index is -1.01. The first kappa shape index (κ1) is 40.6. The Morgan fingerprint density at radius 1 is 0.791 bits per heavy atom. The van der Waals surface area contributed by atoms with Gasteiger partial charge >= 0.3 is 11.9 Å². The van der Waals surface area contributed by atoms with Gasteiger partial charge in [-0.15, -0.1) is 0 Å². The maximum absolute atomic E-state index is 12.9. The van der Waals surface area contributed by atoms with Crippen molar-refractivity contribution in [2.24, 2.45) is 0 Å². The Kier molecular flexibility index (Phi) is 23.6. The molecule has 3 atom stereocenters. The van der Waals surface area contributed by atoms with E-state index in [1.807, 2.05) is 23.6 Å². The smallest absolute Gasteiger partial charge is 0.317 e. The molecule has 0 saturated heterocycles. The van der Waals surface area contributed by atoms with Gasteiger partial charge in [0.25, 0.3) is 0 Å². The summed E-state index contributed by atoms with van der Waals surface area (Å²) in [6.07, 6.45) is 0.384. The lowest BCUT2D eigenvalue weighted by molar-refractivity contribution is -0.142. The summed E-state index contributed by atoms with van der Waals surface area (Å²) in [6, 6.07) is -1.34. The maximum atomic E-state index is 12.9. The van der Waals surface area contributed by atoms with Crippen molar-refractivity contribution in [1.29, 1.82) is 0 Å². The van der Waals surface area contributed by atoms with E-state index in [4.69, 9.17) is 24.4 Å². The Balaban J connectivity index is 5.52. The van der Waals surface area contributed by atoms with Gasteiger partial charge in [-0.1, -0.05) is 13.8 Å². The van der Waals surface area contributed by atoms with Gasteiger partial charge in [0.2, 0.25) is 11.8 Å². The monoisotopic (exact) mass is 621 g/mol. The highest BCUT2D eigenvalue weighted by Crippen LogP contribution is 2.13. The lowest BCUT2D eigenvalue weighted by Gasteiger charge is -2.38. The van der Waals surface area contributed by atoms with E-state index in [1.165, 1.54) is 6.92 Å². The Hall–Kier alpha value is -2.40. The number of nitrogens with one attached hydrogen (secondary N) is 2. The fourth-order valence-corrected chi connectivity index (χ4v) is 4.61. The van der Waals surface area contributed by atoms with Crippen molar-refractivity contribution in [2.45, 2.75) is 59.2 Å². The number of nitrogens with zero attached hydrogens (tertiary/aromatic N) is 3. The average Bonchev–Trinajstić information content (AvgIpc) is 2.96. The molecule has 0 aromatic carbocycles. The molecule has 2 amide bonds. The molecule has 43 heavy (non-hydrogen) atoms. The number of hydrogen-bond donors (Lipinski definition) is 5. The normalized spacial score (nSPS) is 13.6. The molecular weight excluding hydrogens is 566 g/mol. The molecule has 0 heterocycles. The SMILES string of the molecule is CCN(CCN(CC(=O)O)CC(CCOC(C)=O)N(CC)C(C)C(=O)NCCOCCO)C(C)C(=O)NCCOCCO. The molecule has 3 unspecified atom stereocenters. The first-order valence-electron chi connectivity index (χ1n) is 15.0. The van der Waals surface area contributed by atoms with Crippen LogP contribution in [0.2, 0.25) is 0 Å². The Bertz CT molecular complexity index is 791. The third kappa shape index (κ3) is 18.8. The molecule has 0 aliphatic rings. The third-order valence-electron chi connectivity index (χ3n) is 6.89. The van der Waals surface area contributed by atoms with Crippen LogP contribution >= 0.6 is 0 Å². The quantitative estimate of drug-likeness (QED) is 0.0519. The highest BCUT2D eigenvalue weighted by molar-refractivity contribution is 5.81. The average molecular weight is 622 g/mol. The van der Waals surface area contributed by atoms with Gasteiger partial charge in [0.1, 0.15) is 0 Å². The molecule has 0 spiro atoms. The lowest BCUT2D eigenvalue weighted by Crippen LogP contribution is -2.55. The topological polar surface area (TPSA) is 190 Å². The van der Waals surface area contributed by atoms with Gasteiger partial charge in [0.05, 0.1) is 64.9 Å². The molecule has 0 bridgehead atoms. The molecule has 5 N–H and O–H groups in total. The summed E-state index contributed by atoms with van der Waals surface area (Å²) in [5, 5.41) is 32.9. The van der Waals surface area contributed by atoms with Crippen LogP contribution < -0.4 is 10.6 Å². The Morgan fingerprint density at radius 3 is 1.81 bits per heavy atom. The number of aliphatic hydroxyl groups excluding tert-OH is 2. The van der Waals surface area contributed by atoms with Crippen molar-refractivity contribution in [2.75, 3.05) is 98.6 Å². The zero-order valence-electron chi connectivity index (χ0n) is 26.6. The predicted octanol–water partition coefficient (Wildman–Crippen LogP) is -1.63. The number of hydrogen-bond acceptors (Lipinski definition) is 12. The Labute approximate surface area is 255 Å². The van der Waals surface area contributed by atoms with E-state index in [2.05, 4.69) is 10.6 Å². The molecule has 0 aliphatic heterocycles. The van der Waals surface area contributed by atoms with E-state index >= 15 is 0 Å². The number of rotatable bonds is 27. The van der Waals surface area contributed by atoms with Crippen LogP contribution in [0.1, 0.15) is 41.0 Å². The fraction of sp³-hybridized carbons (Fsp3) is 0.857. The van der Waals surface area contributed by atoms with Crippen LogP contribution in [0, 0.1) is 0 Å². The summed E-state index contributed by atoms with van der Waals surface area (Å²) in [4.78, 5) is 54.5. The summed E-state index contributed by atoms with van der Waals surface area (Å²) in [6.45, 7) is 12.0. The van der Waals surface area contributed by atoms with Crippen molar-refractivity contribution in [3.63, 3.8) is 0 Å².